The van der Waals surface area contributed by atoms with Crippen LogP contribution in [0.2, 0.25) is 0 Å². The Labute approximate surface area is 85.7 Å². The predicted molar refractivity (Wildman–Crippen MR) is 47.6 cm³/mol. The van der Waals surface area contributed by atoms with Crippen LogP contribution in [0.3, 0.4) is 0 Å². The largest absolute Gasteiger partial charge is 0.508 e. The molecule has 80 valence electrons. The summed E-state index contributed by atoms with van der Waals surface area (Å²) in [7, 11) is 1.72. The second-order valence-corrected chi connectivity index (χ2v) is 6.59. The van der Waals surface area contributed by atoms with Crippen LogP contribution in [0.5, 0.6) is 0 Å². The molecule has 2 aliphatic rings. The molecule has 0 unspecified atom stereocenters. The number of carbonyl (C=O) groups excluding carboxylic acids is 1. The summed E-state index contributed by atoms with van der Waals surface area (Å²) in [5.41, 5.74) is 0. The second kappa shape index (κ2) is 3.00. The lowest BCUT2D eigenvalue weighted by Gasteiger charge is -2.13. The van der Waals surface area contributed by atoms with Crippen LogP contribution in [0.1, 0.15) is 19.3 Å². The normalized spacial score (nSPS) is 29.5. The molecular formula is C7H9ClO5S. The van der Waals surface area contributed by atoms with Gasteiger partial charge in [0.25, 0.3) is 0 Å². The molecule has 5 nitrogen and oxygen atoms in total. The van der Waals surface area contributed by atoms with Crippen molar-refractivity contribution in [2.24, 2.45) is 0 Å². The summed E-state index contributed by atoms with van der Waals surface area (Å²) < 4.78 is 30.8. The maximum Gasteiger partial charge on any atom is 0.508 e. The molecule has 0 amide bonds. The fourth-order valence-electron chi connectivity index (χ4n) is 1.57. The van der Waals surface area contributed by atoms with Gasteiger partial charge in [-0.15, -0.1) is 0 Å². The summed E-state index contributed by atoms with van der Waals surface area (Å²) in [6.07, 6.45) is 0.0981. The van der Waals surface area contributed by atoms with Crippen molar-refractivity contribution in [3.63, 3.8) is 0 Å². The summed E-state index contributed by atoms with van der Waals surface area (Å²) in [5.74, 6) is 0. The molecule has 0 aromatic rings. The highest BCUT2D eigenvalue weighted by Crippen LogP contribution is 2.49. The molecule has 2 rings (SSSR count). The molecule has 7 heteroatoms. The first-order chi connectivity index (χ1) is 6.43. The van der Waals surface area contributed by atoms with Crippen LogP contribution in [-0.2, 0) is 18.5 Å². The Kier molecular flexibility index (Phi) is 2.15. The van der Waals surface area contributed by atoms with Crippen LogP contribution in [0.15, 0.2) is 0 Å². The van der Waals surface area contributed by atoms with Crippen LogP contribution in [-0.4, -0.2) is 32.0 Å². The first kappa shape index (κ1) is 10.0. The lowest BCUT2D eigenvalue weighted by atomic mass is 10.2. The van der Waals surface area contributed by atoms with E-state index in [1.165, 1.54) is 0 Å². The number of ether oxygens (including phenoxy) is 2. The number of rotatable bonds is 3. The average Bonchev–Trinajstić information content (AvgIpc) is 2.71. The highest BCUT2D eigenvalue weighted by atomic mass is 35.7. The topological polar surface area (TPSA) is 69.7 Å². The van der Waals surface area contributed by atoms with Gasteiger partial charge in [-0.3, -0.25) is 0 Å². The van der Waals surface area contributed by atoms with E-state index >= 15 is 0 Å². The molecule has 0 aromatic carbocycles. The Morgan fingerprint density at radius 2 is 2.14 bits per heavy atom. The third-order valence-electron chi connectivity index (χ3n) is 2.57. The van der Waals surface area contributed by atoms with E-state index in [1.807, 2.05) is 0 Å². The minimum absolute atomic E-state index is 0.118. The summed E-state index contributed by atoms with van der Waals surface area (Å²) in [6.45, 7) is 0.118. The van der Waals surface area contributed by atoms with Crippen molar-refractivity contribution in [3.05, 3.63) is 0 Å². The van der Waals surface area contributed by atoms with Crippen molar-refractivity contribution in [1.29, 1.82) is 0 Å². The molecule has 1 atom stereocenters. The van der Waals surface area contributed by atoms with E-state index in [0.717, 1.165) is 0 Å². The number of hydrogen-bond donors (Lipinski definition) is 0. The molecule has 0 radical (unpaired) electrons. The molecule has 1 saturated carbocycles. The van der Waals surface area contributed by atoms with Crippen LogP contribution in [0.4, 0.5) is 4.79 Å². The van der Waals surface area contributed by atoms with E-state index in [2.05, 4.69) is 4.74 Å². The first-order valence-electron chi connectivity index (χ1n) is 4.21. The Morgan fingerprint density at radius 3 is 2.50 bits per heavy atom. The smallest absolute Gasteiger partial charge is 0.430 e. The average molecular weight is 241 g/mol. The zero-order valence-electron chi connectivity index (χ0n) is 7.23. The third-order valence-corrected chi connectivity index (χ3v) is 5.17. The van der Waals surface area contributed by atoms with Gasteiger partial charge < -0.3 is 9.47 Å². The van der Waals surface area contributed by atoms with E-state index in [-0.39, 0.29) is 13.0 Å². The van der Waals surface area contributed by atoms with Gasteiger partial charge in [-0.25, -0.2) is 13.2 Å². The van der Waals surface area contributed by atoms with Crippen LogP contribution >= 0.6 is 10.7 Å². The summed E-state index contributed by atoms with van der Waals surface area (Å²) in [6, 6.07) is 0. The minimum Gasteiger partial charge on any atom is -0.430 e. The van der Waals surface area contributed by atoms with Gasteiger partial charge in [-0.05, 0) is 12.8 Å². The Balaban J connectivity index is 2.02. The fraction of sp³-hybridized carbons (Fsp3) is 0.857. The van der Waals surface area contributed by atoms with Gasteiger partial charge in [0.15, 0.2) is 0 Å². The van der Waals surface area contributed by atoms with Crippen molar-refractivity contribution in [3.8, 4) is 0 Å². The van der Waals surface area contributed by atoms with Gasteiger partial charge in [-0.1, -0.05) is 0 Å². The van der Waals surface area contributed by atoms with Crippen LogP contribution in [0, 0.1) is 0 Å². The SMILES string of the molecule is O=C1OC[C@H](CC2(S(=O)(=O)Cl)CC2)O1. The minimum atomic E-state index is -3.57. The lowest BCUT2D eigenvalue weighted by Crippen LogP contribution is -2.26. The van der Waals surface area contributed by atoms with E-state index in [0.29, 0.717) is 12.8 Å². The molecular weight excluding hydrogens is 232 g/mol. The van der Waals surface area contributed by atoms with Gasteiger partial charge >= 0.3 is 6.16 Å². The summed E-state index contributed by atoms with van der Waals surface area (Å²) in [5, 5.41) is 0. The third kappa shape index (κ3) is 1.68. The Bertz CT molecular complexity index is 358. The second-order valence-electron chi connectivity index (χ2n) is 3.63. The van der Waals surface area contributed by atoms with Gasteiger partial charge in [0.1, 0.15) is 12.7 Å². The van der Waals surface area contributed by atoms with Crippen molar-refractivity contribution in [1.82, 2.24) is 0 Å². The number of halogens is 1. The van der Waals surface area contributed by atoms with Crippen molar-refractivity contribution in [2.75, 3.05) is 6.61 Å². The maximum atomic E-state index is 11.2. The fourth-order valence-corrected chi connectivity index (χ4v) is 3.19. The van der Waals surface area contributed by atoms with E-state index in [1.54, 1.807) is 0 Å². The van der Waals surface area contributed by atoms with Gasteiger partial charge in [-0.2, -0.15) is 0 Å². The molecule has 0 spiro atoms. The predicted octanol–water partition coefficient (Wildman–Crippen LogP) is 1.01. The van der Waals surface area contributed by atoms with Crippen LogP contribution in [0.25, 0.3) is 0 Å². The van der Waals surface area contributed by atoms with E-state index < -0.39 is 26.1 Å². The monoisotopic (exact) mass is 240 g/mol. The number of cyclic esters (lactones) is 2. The van der Waals surface area contributed by atoms with Gasteiger partial charge in [0, 0.05) is 17.1 Å². The number of carbonyl (C=O) groups is 1. The first-order valence-corrected chi connectivity index (χ1v) is 6.52. The van der Waals surface area contributed by atoms with Gasteiger partial charge in [0.05, 0.1) is 4.75 Å². The maximum absolute atomic E-state index is 11.2. The van der Waals surface area contributed by atoms with E-state index in [4.69, 9.17) is 15.4 Å². The molecule has 1 saturated heterocycles. The molecule has 0 bridgehead atoms. The van der Waals surface area contributed by atoms with Crippen molar-refractivity contribution < 1.29 is 22.7 Å². The highest BCUT2D eigenvalue weighted by molar-refractivity contribution is 8.15. The molecule has 0 N–H and O–H groups in total. The van der Waals surface area contributed by atoms with E-state index in [9.17, 15) is 13.2 Å². The molecule has 0 aromatic heterocycles. The molecule has 1 heterocycles. The molecule has 1 aliphatic carbocycles. The number of hydrogen-bond acceptors (Lipinski definition) is 5. The van der Waals surface area contributed by atoms with Crippen LogP contribution < -0.4 is 0 Å². The molecule has 14 heavy (non-hydrogen) atoms. The van der Waals surface area contributed by atoms with Crippen molar-refractivity contribution >= 4 is 25.9 Å². The summed E-state index contributed by atoms with van der Waals surface area (Å²) >= 11 is 0. The zero-order valence-corrected chi connectivity index (χ0v) is 8.81. The Morgan fingerprint density at radius 1 is 1.50 bits per heavy atom. The molecule has 1 aliphatic heterocycles. The highest BCUT2D eigenvalue weighted by Gasteiger charge is 2.56. The lowest BCUT2D eigenvalue weighted by molar-refractivity contribution is 0.115. The standard InChI is InChI=1S/C7H9ClO5S/c8-14(10,11)7(1-2-7)3-5-4-12-6(9)13-5/h5H,1-4H2/t5-/m0/s1. The van der Waals surface area contributed by atoms with Crippen molar-refractivity contribution in [2.45, 2.75) is 30.1 Å². The molecule has 2 fully saturated rings. The quantitative estimate of drug-likeness (QED) is 0.544. The van der Waals surface area contributed by atoms with Gasteiger partial charge in [0.2, 0.25) is 9.05 Å². The zero-order chi connectivity index (χ0) is 10.4. The Hall–Kier alpha value is -0.490. The summed E-state index contributed by atoms with van der Waals surface area (Å²) in [4.78, 5) is 10.6.